The summed E-state index contributed by atoms with van der Waals surface area (Å²) in [5.74, 6) is 0.00251. The third kappa shape index (κ3) is 2.54. The van der Waals surface area contributed by atoms with E-state index in [-0.39, 0.29) is 5.91 Å². The normalized spacial score (nSPS) is 11.0. The Morgan fingerprint density at radius 1 is 0.917 bits per heavy atom. The zero-order valence-electron chi connectivity index (χ0n) is 13.5. The Morgan fingerprint density at radius 3 is 2.50 bits per heavy atom. The lowest BCUT2D eigenvalue weighted by atomic mass is 10.1. The molecule has 4 rings (SSSR count). The zero-order valence-corrected chi connectivity index (χ0v) is 13.5. The first-order chi connectivity index (χ1) is 11.7. The number of fused-ring (bicyclic) bond motifs is 2. The molecule has 0 aliphatic heterocycles. The fourth-order valence-electron chi connectivity index (χ4n) is 3.27. The summed E-state index contributed by atoms with van der Waals surface area (Å²) in [6, 6.07) is 22.2. The van der Waals surface area contributed by atoms with Gasteiger partial charge in [-0.1, -0.05) is 54.6 Å². The first-order valence-corrected chi connectivity index (χ1v) is 8.03. The van der Waals surface area contributed by atoms with Crippen molar-refractivity contribution in [3.8, 4) is 0 Å². The minimum absolute atomic E-state index is 0.00251. The highest BCUT2D eigenvalue weighted by molar-refractivity contribution is 6.03. The highest BCUT2D eigenvalue weighted by Gasteiger charge is 2.11. The molecule has 0 aliphatic rings. The number of aromatic nitrogens is 1. The largest absolute Gasteiger partial charge is 0.350 e. The van der Waals surface area contributed by atoms with Crippen LogP contribution in [0.1, 0.15) is 5.56 Å². The number of carbonyl (C=O) groups is 1. The molecule has 3 heteroatoms. The first-order valence-electron chi connectivity index (χ1n) is 8.03. The smallest absolute Gasteiger partial charge is 0.228 e. The van der Waals surface area contributed by atoms with E-state index in [4.69, 9.17) is 0 Å². The van der Waals surface area contributed by atoms with E-state index >= 15 is 0 Å². The third-order valence-corrected chi connectivity index (χ3v) is 4.39. The number of para-hydroxylation sites is 1. The molecule has 1 heterocycles. The minimum Gasteiger partial charge on any atom is -0.350 e. The van der Waals surface area contributed by atoms with Gasteiger partial charge in [0.2, 0.25) is 5.91 Å². The van der Waals surface area contributed by atoms with Crippen molar-refractivity contribution in [2.45, 2.75) is 6.42 Å². The molecule has 4 aromatic rings. The fourth-order valence-corrected chi connectivity index (χ4v) is 3.27. The number of nitrogens with zero attached hydrogens (tertiary/aromatic N) is 1. The average Bonchev–Trinajstić information content (AvgIpc) is 2.91. The van der Waals surface area contributed by atoms with E-state index < -0.39 is 0 Å². The van der Waals surface area contributed by atoms with E-state index in [0.717, 1.165) is 32.9 Å². The second-order valence-electron chi connectivity index (χ2n) is 6.03. The summed E-state index contributed by atoms with van der Waals surface area (Å²) in [4.78, 5) is 12.6. The molecule has 0 atom stereocenters. The number of benzene rings is 3. The van der Waals surface area contributed by atoms with Gasteiger partial charge in [-0.15, -0.1) is 0 Å². The molecule has 118 valence electrons. The van der Waals surface area contributed by atoms with E-state index in [1.165, 1.54) is 0 Å². The molecule has 0 fully saturated rings. The molecule has 0 bridgehead atoms. The fraction of sp³-hybridized carbons (Fsp3) is 0.0952. The van der Waals surface area contributed by atoms with Gasteiger partial charge in [-0.2, -0.15) is 0 Å². The molecule has 0 saturated heterocycles. The second kappa shape index (κ2) is 5.85. The van der Waals surface area contributed by atoms with Crippen LogP contribution in [0.5, 0.6) is 0 Å². The van der Waals surface area contributed by atoms with Crippen LogP contribution < -0.4 is 5.32 Å². The second-order valence-corrected chi connectivity index (χ2v) is 6.03. The maximum absolute atomic E-state index is 12.6. The molecule has 0 radical (unpaired) electrons. The molecule has 1 aromatic heterocycles. The van der Waals surface area contributed by atoms with Crippen LogP contribution in [0.25, 0.3) is 21.7 Å². The van der Waals surface area contributed by atoms with Gasteiger partial charge in [-0.3, -0.25) is 4.79 Å². The van der Waals surface area contributed by atoms with Crippen molar-refractivity contribution < 1.29 is 4.79 Å². The van der Waals surface area contributed by atoms with E-state index in [9.17, 15) is 4.79 Å². The highest BCUT2D eigenvalue weighted by Crippen LogP contribution is 2.24. The summed E-state index contributed by atoms with van der Waals surface area (Å²) in [6.07, 6.45) is 2.40. The van der Waals surface area contributed by atoms with Gasteiger partial charge in [-0.05, 0) is 23.1 Å². The highest BCUT2D eigenvalue weighted by atomic mass is 16.1. The van der Waals surface area contributed by atoms with Crippen molar-refractivity contribution in [2.24, 2.45) is 7.05 Å². The third-order valence-electron chi connectivity index (χ3n) is 4.39. The minimum atomic E-state index is 0.00251. The summed E-state index contributed by atoms with van der Waals surface area (Å²) >= 11 is 0. The van der Waals surface area contributed by atoms with Crippen molar-refractivity contribution in [3.05, 3.63) is 78.5 Å². The van der Waals surface area contributed by atoms with Crippen LogP contribution in [-0.2, 0) is 18.3 Å². The summed E-state index contributed by atoms with van der Waals surface area (Å²) in [6.45, 7) is 0. The van der Waals surface area contributed by atoms with Crippen LogP contribution in [0.15, 0.2) is 72.9 Å². The predicted octanol–water partition coefficient (Wildman–Crippen LogP) is 4.51. The number of hydrogen-bond donors (Lipinski definition) is 1. The molecule has 3 aromatic carbocycles. The molecule has 0 saturated carbocycles. The molecule has 0 unspecified atom stereocenters. The van der Waals surface area contributed by atoms with Crippen LogP contribution in [0, 0.1) is 0 Å². The van der Waals surface area contributed by atoms with Gasteiger partial charge in [0.15, 0.2) is 0 Å². The number of anilines is 1. The van der Waals surface area contributed by atoms with Crippen molar-refractivity contribution in [2.75, 3.05) is 5.32 Å². The van der Waals surface area contributed by atoms with Crippen molar-refractivity contribution in [1.82, 2.24) is 4.57 Å². The number of carbonyl (C=O) groups excluding carboxylic acids is 1. The van der Waals surface area contributed by atoms with Crippen LogP contribution >= 0.6 is 0 Å². The number of hydrogen-bond acceptors (Lipinski definition) is 1. The molecule has 1 N–H and O–H groups in total. The van der Waals surface area contributed by atoms with E-state index in [1.54, 1.807) is 0 Å². The molecular weight excluding hydrogens is 296 g/mol. The van der Waals surface area contributed by atoms with Gasteiger partial charge >= 0.3 is 0 Å². The number of nitrogens with one attached hydrogen (secondary N) is 1. The van der Waals surface area contributed by atoms with E-state index in [0.29, 0.717) is 6.42 Å². The molecule has 0 spiro atoms. The maximum atomic E-state index is 12.6. The first kappa shape index (κ1) is 14.5. The average molecular weight is 314 g/mol. The Kier molecular flexibility index (Phi) is 3.54. The standard InChI is InChI=1S/C21H18N2O/c1-23-14-16(18-10-4-5-12-20(18)23)13-21(24)22-19-11-6-8-15-7-2-3-9-17(15)19/h2-12,14H,13H2,1H3,(H,22,24). The summed E-state index contributed by atoms with van der Waals surface area (Å²) in [7, 11) is 2.01. The van der Waals surface area contributed by atoms with Crippen molar-refractivity contribution in [1.29, 1.82) is 0 Å². The Labute approximate surface area is 140 Å². The van der Waals surface area contributed by atoms with Gasteiger partial charge < -0.3 is 9.88 Å². The SMILES string of the molecule is Cn1cc(CC(=O)Nc2cccc3ccccc23)c2ccccc21. The quantitative estimate of drug-likeness (QED) is 0.593. The summed E-state index contributed by atoms with van der Waals surface area (Å²) < 4.78 is 2.07. The maximum Gasteiger partial charge on any atom is 0.228 e. The lowest BCUT2D eigenvalue weighted by Crippen LogP contribution is -2.14. The number of amides is 1. The van der Waals surface area contributed by atoms with Gasteiger partial charge in [0.1, 0.15) is 0 Å². The van der Waals surface area contributed by atoms with Gasteiger partial charge in [-0.25, -0.2) is 0 Å². The van der Waals surface area contributed by atoms with Crippen molar-refractivity contribution >= 4 is 33.3 Å². The number of rotatable bonds is 3. The Balaban J connectivity index is 1.62. The monoisotopic (exact) mass is 314 g/mol. The van der Waals surface area contributed by atoms with Crippen LogP contribution in [0.4, 0.5) is 5.69 Å². The van der Waals surface area contributed by atoms with Crippen LogP contribution in [-0.4, -0.2) is 10.5 Å². The Bertz CT molecular complexity index is 1040. The Morgan fingerprint density at radius 2 is 1.62 bits per heavy atom. The Hall–Kier alpha value is -3.07. The molecular formula is C21H18N2O. The van der Waals surface area contributed by atoms with Crippen molar-refractivity contribution in [3.63, 3.8) is 0 Å². The topological polar surface area (TPSA) is 34.0 Å². The lowest BCUT2D eigenvalue weighted by Gasteiger charge is -2.08. The summed E-state index contributed by atoms with van der Waals surface area (Å²) in [5.41, 5.74) is 3.05. The molecule has 3 nitrogen and oxygen atoms in total. The lowest BCUT2D eigenvalue weighted by molar-refractivity contribution is -0.115. The van der Waals surface area contributed by atoms with E-state index in [2.05, 4.69) is 34.1 Å². The van der Waals surface area contributed by atoms with Crippen LogP contribution in [0.3, 0.4) is 0 Å². The van der Waals surface area contributed by atoms with Crippen LogP contribution in [0.2, 0.25) is 0 Å². The van der Waals surface area contributed by atoms with Gasteiger partial charge in [0, 0.05) is 35.2 Å². The molecule has 1 amide bonds. The molecule has 0 aliphatic carbocycles. The molecule has 24 heavy (non-hydrogen) atoms. The number of aryl methyl sites for hydroxylation is 1. The predicted molar refractivity (Wildman–Crippen MR) is 99.2 cm³/mol. The van der Waals surface area contributed by atoms with E-state index in [1.807, 2.05) is 55.7 Å². The summed E-state index contributed by atoms with van der Waals surface area (Å²) in [5, 5.41) is 6.38. The van der Waals surface area contributed by atoms with Gasteiger partial charge in [0.25, 0.3) is 0 Å². The zero-order chi connectivity index (χ0) is 16.5. The van der Waals surface area contributed by atoms with Gasteiger partial charge in [0.05, 0.1) is 6.42 Å².